The first-order valence-electron chi connectivity index (χ1n) is 4.58. The maximum absolute atomic E-state index is 11.6. The number of hydrogen-bond acceptors (Lipinski definition) is 4. The van der Waals surface area contributed by atoms with Gasteiger partial charge >= 0.3 is 0 Å². The van der Waals surface area contributed by atoms with Gasteiger partial charge in [-0.25, -0.2) is 0 Å². The van der Waals surface area contributed by atoms with Crippen molar-refractivity contribution in [3.8, 4) is 0 Å². The Kier molecular flexibility index (Phi) is 2.55. The van der Waals surface area contributed by atoms with Crippen LogP contribution in [0.3, 0.4) is 0 Å². The highest BCUT2D eigenvalue weighted by atomic mass is 16.5. The summed E-state index contributed by atoms with van der Waals surface area (Å²) in [5, 5.41) is 6.04. The Labute approximate surface area is 90.3 Å². The summed E-state index contributed by atoms with van der Waals surface area (Å²) in [6.45, 7) is 1.73. The number of aromatic amines is 1. The molecular formula is C10H9N3O3. The molecule has 2 aromatic heterocycles. The van der Waals surface area contributed by atoms with Crippen LogP contribution >= 0.6 is 0 Å². The van der Waals surface area contributed by atoms with E-state index in [1.54, 1.807) is 13.0 Å². The van der Waals surface area contributed by atoms with E-state index in [1.165, 1.54) is 18.5 Å². The van der Waals surface area contributed by atoms with Crippen LogP contribution in [0, 0.1) is 6.92 Å². The molecule has 0 aliphatic rings. The van der Waals surface area contributed by atoms with E-state index in [1.807, 2.05) is 0 Å². The van der Waals surface area contributed by atoms with Crippen LogP contribution in [0.15, 0.2) is 33.8 Å². The van der Waals surface area contributed by atoms with Crippen molar-refractivity contribution in [1.29, 1.82) is 0 Å². The summed E-state index contributed by atoms with van der Waals surface area (Å²) in [5.41, 5.74) is 0.321. The van der Waals surface area contributed by atoms with Crippen molar-refractivity contribution >= 4 is 11.8 Å². The molecule has 0 atom stereocenters. The molecule has 0 saturated heterocycles. The number of H-pyrrole nitrogens is 1. The van der Waals surface area contributed by atoms with E-state index in [2.05, 4.69) is 15.5 Å². The van der Waals surface area contributed by atoms with Gasteiger partial charge in [0.1, 0.15) is 5.56 Å². The quantitative estimate of drug-likeness (QED) is 0.786. The van der Waals surface area contributed by atoms with Crippen molar-refractivity contribution in [2.75, 3.05) is 5.32 Å². The van der Waals surface area contributed by atoms with Crippen LogP contribution < -0.4 is 10.7 Å². The minimum atomic E-state index is -0.530. The van der Waals surface area contributed by atoms with E-state index >= 15 is 0 Å². The zero-order valence-electron chi connectivity index (χ0n) is 8.48. The molecule has 0 spiro atoms. The highest BCUT2D eigenvalue weighted by Gasteiger charge is 2.11. The number of aromatic nitrogens is 2. The highest BCUT2D eigenvalue weighted by Crippen LogP contribution is 2.08. The summed E-state index contributed by atoms with van der Waals surface area (Å²) in [6, 6.07) is 2.84. The Bertz CT molecular complexity index is 570. The average molecular weight is 219 g/mol. The lowest BCUT2D eigenvalue weighted by Crippen LogP contribution is -2.20. The molecule has 2 aromatic rings. The first-order chi connectivity index (χ1) is 7.66. The lowest BCUT2D eigenvalue weighted by Gasteiger charge is -1.98. The van der Waals surface area contributed by atoms with Gasteiger partial charge < -0.3 is 9.51 Å². The summed E-state index contributed by atoms with van der Waals surface area (Å²) in [6.07, 6.45) is 2.79. The molecule has 0 bridgehead atoms. The van der Waals surface area contributed by atoms with Crippen LogP contribution in [-0.2, 0) is 0 Å². The van der Waals surface area contributed by atoms with Gasteiger partial charge in [0.05, 0.1) is 5.69 Å². The van der Waals surface area contributed by atoms with Gasteiger partial charge in [0.2, 0.25) is 5.88 Å². The zero-order valence-corrected chi connectivity index (χ0v) is 8.48. The second-order valence-corrected chi connectivity index (χ2v) is 3.21. The van der Waals surface area contributed by atoms with Gasteiger partial charge in [-0.1, -0.05) is 5.16 Å². The van der Waals surface area contributed by atoms with E-state index in [0.717, 1.165) is 0 Å². The Balaban J connectivity index is 2.21. The SMILES string of the molecule is Cc1cc(NC(=O)c2c[nH]ccc2=O)on1. The van der Waals surface area contributed by atoms with Crippen LogP contribution in [0.25, 0.3) is 0 Å². The van der Waals surface area contributed by atoms with Crippen LogP contribution in [0.2, 0.25) is 0 Å². The summed E-state index contributed by atoms with van der Waals surface area (Å²) in [7, 11) is 0. The molecule has 0 fully saturated rings. The minimum Gasteiger partial charge on any atom is -0.367 e. The largest absolute Gasteiger partial charge is 0.367 e. The van der Waals surface area contributed by atoms with E-state index in [0.29, 0.717) is 5.69 Å². The first-order valence-corrected chi connectivity index (χ1v) is 4.58. The second-order valence-electron chi connectivity index (χ2n) is 3.21. The minimum absolute atomic E-state index is 0.0246. The molecule has 2 rings (SSSR count). The lowest BCUT2D eigenvalue weighted by atomic mass is 10.2. The maximum Gasteiger partial charge on any atom is 0.263 e. The topological polar surface area (TPSA) is 88.0 Å². The number of carbonyl (C=O) groups excluding carboxylic acids is 1. The van der Waals surface area contributed by atoms with Gasteiger partial charge in [-0.3, -0.25) is 14.9 Å². The monoisotopic (exact) mass is 219 g/mol. The zero-order chi connectivity index (χ0) is 11.5. The van der Waals surface area contributed by atoms with Crippen molar-refractivity contribution in [2.24, 2.45) is 0 Å². The van der Waals surface area contributed by atoms with Crippen molar-refractivity contribution in [3.63, 3.8) is 0 Å². The van der Waals surface area contributed by atoms with E-state index in [-0.39, 0.29) is 16.9 Å². The van der Waals surface area contributed by atoms with Crippen LogP contribution in [-0.4, -0.2) is 16.0 Å². The Morgan fingerprint density at radius 2 is 2.38 bits per heavy atom. The van der Waals surface area contributed by atoms with Crippen molar-refractivity contribution in [1.82, 2.24) is 10.1 Å². The molecular weight excluding hydrogens is 210 g/mol. The number of aryl methyl sites for hydroxylation is 1. The smallest absolute Gasteiger partial charge is 0.263 e. The van der Waals surface area contributed by atoms with Gasteiger partial charge in [0.25, 0.3) is 5.91 Å². The Morgan fingerprint density at radius 1 is 1.56 bits per heavy atom. The summed E-state index contributed by atoms with van der Waals surface area (Å²) in [5.74, 6) is -0.316. The fourth-order valence-corrected chi connectivity index (χ4v) is 1.20. The molecule has 0 aliphatic heterocycles. The molecule has 0 aromatic carbocycles. The molecule has 2 heterocycles. The number of amides is 1. The fourth-order valence-electron chi connectivity index (χ4n) is 1.20. The standard InChI is InChI=1S/C10H9N3O3/c1-6-4-9(16-13-6)12-10(15)7-5-11-3-2-8(7)14/h2-5H,1H3,(H,11,14)(H,12,15). The normalized spacial score (nSPS) is 10.1. The Hall–Kier alpha value is -2.37. The molecule has 0 saturated carbocycles. The summed E-state index contributed by atoms with van der Waals surface area (Å²) >= 11 is 0. The van der Waals surface area contributed by atoms with E-state index < -0.39 is 5.91 Å². The molecule has 0 aliphatic carbocycles. The molecule has 6 heteroatoms. The highest BCUT2D eigenvalue weighted by molar-refractivity contribution is 6.03. The number of rotatable bonds is 2. The summed E-state index contributed by atoms with van der Waals surface area (Å²) in [4.78, 5) is 25.6. The van der Waals surface area contributed by atoms with Crippen molar-refractivity contribution in [2.45, 2.75) is 6.92 Å². The van der Waals surface area contributed by atoms with Gasteiger partial charge in [-0.15, -0.1) is 0 Å². The van der Waals surface area contributed by atoms with Gasteiger partial charge in [0.15, 0.2) is 5.43 Å². The third-order valence-corrected chi connectivity index (χ3v) is 1.93. The van der Waals surface area contributed by atoms with Crippen molar-refractivity contribution < 1.29 is 9.32 Å². The lowest BCUT2D eigenvalue weighted by molar-refractivity contribution is 0.102. The van der Waals surface area contributed by atoms with Crippen LogP contribution in [0.4, 0.5) is 5.88 Å². The van der Waals surface area contributed by atoms with Crippen LogP contribution in [0.5, 0.6) is 0 Å². The predicted octanol–water partition coefficient (Wildman–Crippen LogP) is 0.924. The molecule has 6 nitrogen and oxygen atoms in total. The molecule has 0 unspecified atom stereocenters. The molecule has 1 amide bonds. The molecule has 16 heavy (non-hydrogen) atoms. The molecule has 82 valence electrons. The fraction of sp³-hybridized carbons (Fsp3) is 0.100. The number of pyridine rings is 1. The number of nitrogens with zero attached hydrogens (tertiary/aromatic N) is 1. The first kappa shape index (κ1) is 10.2. The van der Waals surface area contributed by atoms with Crippen LogP contribution in [0.1, 0.15) is 16.1 Å². The van der Waals surface area contributed by atoms with Gasteiger partial charge in [0, 0.05) is 24.5 Å². The second kappa shape index (κ2) is 4.01. The van der Waals surface area contributed by atoms with E-state index in [9.17, 15) is 9.59 Å². The molecule has 2 N–H and O–H groups in total. The van der Waals surface area contributed by atoms with E-state index in [4.69, 9.17) is 4.52 Å². The maximum atomic E-state index is 11.6. The third kappa shape index (κ3) is 2.00. The third-order valence-electron chi connectivity index (χ3n) is 1.93. The number of hydrogen-bond donors (Lipinski definition) is 2. The summed E-state index contributed by atoms with van der Waals surface area (Å²) < 4.78 is 4.80. The number of carbonyl (C=O) groups is 1. The average Bonchev–Trinajstić information content (AvgIpc) is 2.64. The predicted molar refractivity (Wildman–Crippen MR) is 56.3 cm³/mol. The Morgan fingerprint density at radius 3 is 3.00 bits per heavy atom. The number of anilines is 1. The van der Waals surface area contributed by atoms with Crippen molar-refractivity contribution in [3.05, 3.63) is 46.0 Å². The van der Waals surface area contributed by atoms with Gasteiger partial charge in [-0.2, -0.15) is 0 Å². The molecule has 0 radical (unpaired) electrons. The number of nitrogens with one attached hydrogen (secondary N) is 2. The van der Waals surface area contributed by atoms with Gasteiger partial charge in [-0.05, 0) is 6.92 Å².